The van der Waals surface area contributed by atoms with Crippen molar-refractivity contribution in [3.8, 4) is 5.75 Å². The molecule has 94 valence electrons. The van der Waals surface area contributed by atoms with Crippen LogP contribution in [0.4, 0.5) is 10.1 Å². The molecule has 18 heavy (non-hydrogen) atoms. The Labute approximate surface area is 105 Å². The molecule has 3 nitrogen and oxygen atoms in total. The second kappa shape index (κ2) is 5.06. The third kappa shape index (κ3) is 2.28. The Morgan fingerprint density at radius 3 is 2.44 bits per heavy atom. The van der Waals surface area contributed by atoms with Gasteiger partial charge < -0.3 is 15.6 Å². The number of hydrogen-bond donors (Lipinski definition) is 2. The lowest BCUT2D eigenvalue weighted by molar-refractivity contribution is 0.220. The molecule has 1 unspecified atom stereocenters. The first-order valence-electron chi connectivity index (χ1n) is 5.49. The van der Waals surface area contributed by atoms with Gasteiger partial charge in [0.1, 0.15) is 17.7 Å². The van der Waals surface area contributed by atoms with Gasteiger partial charge in [-0.25, -0.2) is 4.39 Å². The van der Waals surface area contributed by atoms with Crippen LogP contribution in [0.25, 0.3) is 0 Å². The largest absolute Gasteiger partial charge is 0.497 e. The summed E-state index contributed by atoms with van der Waals surface area (Å²) in [5, 5.41) is 10.2. The highest BCUT2D eigenvalue weighted by atomic mass is 19.1. The van der Waals surface area contributed by atoms with Crippen molar-refractivity contribution in [2.45, 2.75) is 6.10 Å². The van der Waals surface area contributed by atoms with E-state index >= 15 is 0 Å². The summed E-state index contributed by atoms with van der Waals surface area (Å²) in [5.41, 5.74) is 6.58. The van der Waals surface area contributed by atoms with Gasteiger partial charge in [0.2, 0.25) is 0 Å². The quantitative estimate of drug-likeness (QED) is 0.819. The highest BCUT2D eigenvalue weighted by molar-refractivity contribution is 5.51. The third-order valence-electron chi connectivity index (χ3n) is 2.81. The summed E-state index contributed by atoms with van der Waals surface area (Å²) in [6.07, 6.45) is -0.952. The van der Waals surface area contributed by atoms with Crippen LogP contribution >= 0.6 is 0 Å². The van der Waals surface area contributed by atoms with Crippen LogP contribution in [0.15, 0.2) is 42.5 Å². The Hall–Kier alpha value is -2.07. The number of aliphatic hydroxyl groups excluding tert-OH is 1. The van der Waals surface area contributed by atoms with E-state index in [-0.39, 0.29) is 5.69 Å². The minimum Gasteiger partial charge on any atom is -0.497 e. The van der Waals surface area contributed by atoms with Crippen molar-refractivity contribution < 1.29 is 14.2 Å². The highest BCUT2D eigenvalue weighted by Gasteiger charge is 2.15. The molecule has 3 N–H and O–H groups in total. The molecule has 1 atom stereocenters. The van der Waals surface area contributed by atoms with Gasteiger partial charge >= 0.3 is 0 Å². The average molecular weight is 247 g/mol. The summed E-state index contributed by atoms with van der Waals surface area (Å²) in [5.74, 6) is 0.165. The zero-order valence-corrected chi connectivity index (χ0v) is 9.93. The van der Waals surface area contributed by atoms with Gasteiger partial charge in [0, 0.05) is 5.56 Å². The molecule has 2 aromatic rings. The molecular weight excluding hydrogens is 233 g/mol. The Kier molecular flexibility index (Phi) is 3.48. The van der Waals surface area contributed by atoms with Crippen molar-refractivity contribution in [2.24, 2.45) is 0 Å². The average Bonchev–Trinajstić information content (AvgIpc) is 2.41. The lowest BCUT2D eigenvalue weighted by Crippen LogP contribution is -2.05. The molecule has 0 aliphatic carbocycles. The molecule has 2 rings (SSSR count). The minimum absolute atomic E-state index is 0.0270. The number of halogens is 1. The maximum Gasteiger partial charge on any atom is 0.146 e. The number of para-hydroxylation sites is 1. The molecule has 0 aliphatic heterocycles. The minimum atomic E-state index is -0.952. The monoisotopic (exact) mass is 247 g/mol. The summed E-state index contributed by atoms with van der Waals surface area (Å²) < 4.78 is 18.3. The summed E-state index contributed by atoms with van der Waals surface area (Å²) >= 11 is 0. The zero-order valence-electron chi connectivity index (χ0n) is 9.93. The predicted molar refractivity (Wildman–Crippen MR) is 67.9 cm³/mol. The molecule has 2 aromatic carbocycles. The van der Waals surface area contributed by atoms with Gasteiger partial charge in [-0.05, 0) is 23.8 Å². The first-order valence-corrected chi connectivity index (χ1v) is 5.49. The van der Waals surface area contributed by atoms with Crippen molar-refractivity contribution in [1.29, 1.82) is 0 Å². The van der Waals surface area contributed by atoms with Crippen LogP contribution in [0.5, 0.6) is 5.75 Å². The van der Waals surface area contributed by atoms with E-state index in [1.165, 1.54) is 12.1 Å². The molecule has 4 heteroatoms. The van der Waals surface area contributed by atoms with Crippen molar-refractivity contribution in [1.82, 2.24) is 0 Å². The lowest BCUT2D eigenvalue weighted by atomic mass is 10.00. The number of hydrogen-bond acceptors (Lipinski definition) is 3. The number of rotatable bonds is 3. The molecule has 0 aliphatic rings. The van der Waals surface area contributed by atoms with E-state index < -0.39 is 11.9 Å². The van der Waals surface area contributed by atoms with E-state index in [2.05, 4.69) is 0 Å². The van der Waals surface area contributed by atoms with E-state index in [1.54, 1.807) is 37.4 Å². The number of nitrogen functional groups attached to an aromatic ring is 1. The molecule has 0 saturated heterocycles. The zero-order chi connectivity index (χ0) is 13.1. The third-order valence-corrected chi connectivity index (χ3v) is 2.81. The number of nitrogens with two attached hydrogens (primary N) is 1. The fourth-order valence-electron chi connectivity index (χ4n) is 1.76. The van der Waals surface area contributed by atoms with Crippen LogP contribution in [-0.4, -0.2) is 12.2 Å². The Morgan fingerprint density at radius 1 is 1.17 bits per heavy atom. The van der Waals surface area contributed by atoms with E-state index in [0.717, 1.165) is 0 Å². The molecule has 0 amide bonds. The van der Waals surface area contributed by atoms with Crippen LogP contribution in [0.3, 0.4) is 0 Å². The second-order valence-electron chi connectivity index (χ2n) is 3.92. The number of ether oxygens (including phenoxy) is 1. The number of benzene rings is 2. The van der Waals surface area contributed by atoms with Gasteiger partial charge in [-0.1, -0.05) is 24.3 Å². The van der Waals surface area contributed by atoms with Crippen molar-refractivity contribution in [3.63, 3.8) is 0 Å². The van der Waals surface area contributed by atoms with Gasteiger partial charge in [0.15, 0.2) is 0 Å². The van der Waals surface area contributed by atoms with E-state index in [0.29, 0.717) is 16.9 Å². The number of anilines is 1. The van der Waals surface area contributed by atoms with E-state index in [4.69, 9.17) is 10.5 Å². The van der Waals surface area contributed by atoms with Gasteiger partial charge in [-0.15, -0.1) is 0 Å². The van der Waals surface area contributed by atoms with Crippen molar-refractivity contribution >= 4 is 5.69 Å². The topological polar surface area (TPSA) is 55.5 Å². The molecule has 0 saturated carbocycles. The standard InChI is InChI=1S/C14H14FNO2/c1-18-10-7-5-9(6-8-10)14(17)11-3-2-4-12(15)13(11)16/h2-8,14,17H,16H2,1H3. The summed E-state index contributed by atoms with van der Waals surface area (Å²) in [4.78, 5) is 0. The van der Waals surface area contributed by atoms with Crippen molar-refractivity contribution in [3.05, 3.63) is 59.4 Å². The molecule has 0 radical (unpaired) electrons. The molecule has 0 aromatic heterocycles. The fourth-order valence-corrected chi connectivity index (χ4v) is 1.76. The predicted octanol–water partition coefficient (Wildman–Crippen LogP) is 2.50. The van der Waals surface area contributed by atoms with Crippen LogP contribution in [0.1, 0.15) is 17.2 Å². The molecule has 0 spiro atoms. The second-order valence-corrected chi connectivity index (χ2v) is 3.92. The van der Waals surface area contributed by atoms with E-state index in [1.807, 2.05) is 0 Å². The normalized spacial score (nSPS) is 12.2. The van der Waals surface area contributed by atoms with Crippen LogP contribution in [-0.2, 0) is 0 Å². The van der Waals surface area contributed by atoms with E-state index in [9.17, 15) is 9.50 Å². The number of methoxy groups -OCH3 is 1. The number of aliphatic hydroxyl groups is 1. The van der Waals surface area contributed by atoms with Crippen LogP contribution in [0.2, 0.25) is 0 Å². The molecule has 0 fully saturated rings. The fraction of sp³-hybridized carbons (Fsp3) is 0.143. The van der Waals surface area contributed by atoms with Gasteiger partial charge in [0.05, 0.1) is 12.8 Å². The summed E-state index contributed by atoms with van der Waals surface area (Å²) in [6, 6.07) is 11.3. The Bertz CT molecular complexity index is 540. The highest BCUT2D eigenvalue weighted by Crippen LogP contribution is 2.29. The van der Waals surface area contributed by atoms with Crippen LogP contribution < -0.4 is 10.5 Å². The first kappa shape index (κ1) is 12.4. The Balaban J connectivity index is 2.35. The summed E-state index contributed by atoms with van der Waals surface area (Å²) in [6.45, 7) is 0. The Morgan fingerprint density at radius 2 is 1.83 bits per heavy atom. The van der Waals surface area contributed by atoms with Gasteiger partial charge in [0.25, 0.3) is 0 Å². The van der Waals surface area contributed by atoms with Gasteiger partial charge in [-0.2, -0.15) is 0 Å². The summed E-state index contributed by atoms with van der Waals surface area (Å²) in [7, 11) is 1.57. The van der Waals surface area contributed by atoms with Crippen LogP contribution in [0, 0.1) is 5.82 Å². The van der Waals surface area contributed by atoms with Crippen molar-refractivity contribution in [2.75, 3.05) is 12.8 Å². The first-order chi connectivity index (χ1) is 8.63. The van der Waals surface area contributed by atoms with Gasteiger partial charge in [-0.3, -0.25) is 0 Å². The lowest BCUT2D eigenvalue weighted by Gasteiger charge is -2.14. The molecular formula is C14H14FNO2. The SMILES string of the molecule is COc1ccc(C(O)c2cccc(F)c2N)cc1. The maximum atomic E-state index is 13.3. The maximum absolute atomic E-state index is 13.3. The smallest absolute Gasteiger partial charge is 0.146 e. The molecule has 0 bridgehead atoms. The molecule has 0 heterocycles.